The number of benzene rings is 1. The second kappa shape index (κ2) is 8.24. The van der Waals surface area contributed by atoms with Crippen molar-refractivity contribution in [3.8, 4) is 5.75 Å². The minimum absolute atomic E-state index is 0.0949. The van der Waals surface area contributed by atoms with Crippen LogP contribution in [-0.2, 0) is 14.8 Å². The summed E-state index contributed by atoms with van der Waals surface area (Å²) in [6.45, 7) is 3.34. The molecule has 0 spiro atoms. The van der Waals surface area contributed by atoms with Crippen LogP contribution in [0.4, 0.5) is 0 Å². The maximum absolute atomic E-state index is 12.7. The van der Waals surface area contributed by atoms with Gasteiger partial charge in [0.2, 0.25) is 15.9 Å². The highest BCUT2D eigenvalue weighted by atomic mass is 32.2. The van der Waals surface area contributed by atoms with E-state index < -0.39 is 10.0 Å². The first-order valence-corrected chi connectivity index (χ1v) is 10.8. The Hall–Kier alpha value is -2.16. The SMILES string of the molecule is COc1ccc(S(=O)(=O)N2CCN(C(=O)/C=C/c3ccc(C)s3)CC2)cc1. The Morgan fingerprint density at radius 1 is 1.07 bits per heavy atom. The molecule has 2 heterocycles. The lowest BCUT2D eigenvalue weighted by Gasteiger charge is -2.33. The zero-order valence-corrected chi connectivity index (χ0v) is 16.9. The van der Waals surface area contributed by atoms with E-state index in [0.717, 1.165) is 4.88 Å². The highest BCUT2D eigenvalue weighted by molar-refractivity contribution is 7.89. The predicted molar refractivity (Wildman–Crippen MR) is 106 cm³/mol. The molecule has 1 saturated heterocycles. The van der Waals surface area contributed by atoms with E-state index in [1.807, 2.05) is 19.1 Å². The largest absolute Gasteiger partial charge is 0.497 e. The summed E-state index contributed by atoms with van der Waals surface area (Å²) in [5.41, 5.74) is 0. The number of carbonyl (C=O) groups is 1. The molecule has 6 nitrogen and oxygen atoms in total. The van der Waals surface area contributed by atoms with Crippen molar-refractivity contribution in [2.24, 2.45) is 0 Å². The molecular formula is C19H22N2O4S2. The molecule has 1 aliphatic rings. The van der Waals surface area contributed by atoms with Gasteiger partial charge in [0, 0.05) is 42.0 Å². The first kappa shape index (κ1) is 19.6. The molecule has 27 heavy (non-hydrogen) atoms. The topological polar surface area (TPSA) is 66.9 Å². The Morgan fingerprint density at radius 2 is 1.74 bits per heavy atom. The van der Waals surface area contributed by atoms with Gasteiger partial charge >= 0.3 is 0 Å². The van der Waals surface area contributed by atoms with Crippen LogP contribution in [-0.4, -0.2) is 56.8 Å². The van der Waals surface area contributed by atoms with Gasteiger partial charge in [0.05, 0.1) is 12.0 Å². The maximum atomic E-state index is 12.7. The summed E-state index contributed by atoms with van der Waals surface area (Å²) in [6, 6.07) is 10.3. The van der Waals surface area contributed by atoms with Crippen LogP contribution < -0.4 is 4.74 Å². The van der Waals surface area contributed by atoms with Crippen LogP contribution in [0, 0.1) is 6.92 Å². The van der Waals surface area contributed by atoms with Crippen molar-refractivity contribution in [1.82, 2.24) is 9.21 Å². The number of nitrogens with zero attached hydrogens (tertiary/aromatic N) is 2. The number of thiophene rings is 1. The fourth-order valence-corrected chi connectivity index (χ4v) is 5.05. The summed E-state index contributed by atoms with van der Waals surface area (Å²) < 4.78 is 32.0. The smallest absolute Gasteiger partial charge is 0.246 e. The molecule has 144 valence electrons. The first-order valence-electron chi connectivity index (χ1n) is 8.58. The number of ether oxygens (including phenoxy) is 1. The van der Waals surface area contributed by atoms with Gasteiger partial charge in [0.1, 0.15) is 5.75 Å². The first-order chi connectivity index (χ1) is 12.9. The van der Waals surface area contributed by atoms with Crippen LogP contribution >= 0.6 is 11.3 Å². The lowest BCUT2D eigenvalue weighted by molar-refractivity contribution is -0.127. The molecule has 8 heteroatoms. The van der Waals surface area contributed by atoms with E-state index in [-0.39, 0.29) is 23.9 Å². The lowest BCUT2D eigenvalue weighted by atomic mass is 10.3. The molecule has 1 aromatic heterocycles. The molecule has 2 aromatic rings. The summed E-state index contributed by atoms with van der Waals surface area (Å²) in [6.07, 6.45) is 3.36. The van der Waals surface area contributed by atoms with Crippen molar-refractivity contribution < 1.29 is 17.9 Å². The molecule has 1 fully saturated rings. The van der Waals surface area contributed by atoms with E-state index in [9.17, 15) is 13.2 Å². The quantitative estimate of drug-likeness (QED) is 0.716. The van der Waals surface area contributed by atoms with Crippen molar-refractivity contribution in [3.05, 3.63) is 52.2 Å². The van der Waals surface area contributed by atoms with Crippen LogP contribution in [0.3, 0.4) is 0 Å². The molecule has 0 unspecified atom stereocenters. The summed E-state index contributed by atoms with van der Waals surface area (Å²) in [7, 11) is -2.03. The number of hydrogen-bond acceptors (Lipinski definition) is 5. The van der Waals surface area contributed by atoms with Gasteiger partial charge in [-0.3, -0.25) is 4.79 Å². The Bertz CT molecular complexity index is 925. The Morgan fingerprint density at radius 3 is 2.30 bits per heavy atom. The van der Waals surface area contributed by atoms with Gasteiger partial charge in [0.25, 0.3) is 0 Å². The van der Waals surface area contributed by atoms with E-state index in [4.69, 9.17) is 4.74 Å². The van der Waals surface area contributed by atoms with E-state index in [0.29, 0.717) is 18.8 Å². The number of carbonyl (C=O) groups excluding carboxylic acids is 1. The molecule has 0 atom stereocenters. The normalized spacial score (nSPS) is 16.0. The molecule has 0 saturated carbocycles. The Kier molecular flexibility index (Phi) is 5.98. The second-order valence-electron chi connectivity index (χ2n) is 6.19. The highest BCUT2D eigenvalue weighted by Gasteiger charge is 2.29. The third-order valence-corrected chi connectivity index (χ3v) is 7.28. The summed E-state index contributed by atoms with van der Waals surface area (Å²) >= 11 is 1.63. The highest BCUT2D eigenvalue weighted by Crippen LogP contribution is 2.21. The van der Waals surface area contributed by atoms with Gasteiger partial charge in [-0.05, 0) is 49.4 Å². The van der Waals surface area contributed by atoms with Crippen molar-refractivity contribution in [1.29, 1.82) is 0 Å². The molecule has 0 aliphatic carbocycles. The molecule has 3 rings (SSSR count). The number of sulfonamides is 1. The minimum atomic E-state index is -3.57. The number of piperazine rings is 1. The third-order valence-electron chi connectivity index (χ3n) is 4.40. The van der Waals surface area contributed by atoms with Gasteiger partial charge in [-0.25, -0.2) is 8.42 Å². The van der Waals surface area contributed by atoms with Gasteiger partial charge < -0.3 is 9.64 Å². The van der Waals surface area contributed by atoms with E-state index in [1.54, 1.807) is 40.5 Å². The average molecular weight is 407 g/mol. The molecule has 1 aromatic carbocycles. The predicted octanol–water partition coefficient (Wildman–Crippen LogP) is 2.61. The zero-order chi connectivity index (χ0) is 19.4. The molecule has 0 radical (unpaired) electrons. The van der Waals surface area contributed by atoms with E-state index in [1.165, 1.54) is 28.4 Å². The van der Waals surface area contributed by atoms with Crippen LogP contribution in [0.1, 0.15) is 9.75 Å². The van der Waals surface area contributed by atoms with Crippen LogP contribution in [0.5, 0.6) is 5.75 Å². The number of hydrogen-bond donors (Lipinski definition) is 0. The van der Waals surface area contributed by atoms with Crippen LogP contribution in [0.25, 0.3) is 6.08 Å². The number of amides is 1. The van der Waals surface area contributed by atoms with Crippen molar-refractivity contribution in [2.45, 2.75) is 11.8 Å². The van der Waals surface area contributed by atoms with Crippen LogP contribution in [0.2, 0.25) is 0 Å². The molecule has 0 N–H and O–H groups in total. The molecular weight excluding hydrogens is 384 g/mol. The van der Waals surface area contributed by atoms with Gasteiger partial charge in [0.15, 0.2) is 0 Å². The number of aryl methyl sites for hydroxylation is 1. The maximum Gasteiger partial charge on any atom is 0.246 e. The van der Waals surface area contributed by atoms with E-state index >= 15 is 0 Å². The summed E-state index contributed by atoms with van der Waals surface area (Å²) in [4.78, 5) is 16.5. The fourth-order valence-electron chi connectivity index (χ4n) is 2.85. The Labute approximate surface area is 163 Å². The van der Waals surface area contributed by atoms with E-state index in [2.05, 4.69) is 0 Å². The monoisotopic (exact) mass is 406 g/mol. The fraction of sp³-hybridized carbons (Fsp3) is 0.316. The average Bonchev–Trinajstić information content (AvgIpc) is 3.11. The number of rotatable bonds is 5. The Balaban J connectivity index is 1.60. The molecule has 1 aliphatic heterocycles. The zero-order valence-electron chi connectivity index (χ0n) is 15.3. The molecule has 0 bridgehead atoms. The molecule has 1 amide bonds. The van der Waals surface area contributed by atoms with Gasteiger partial charge in [-0.1, -0.05) is 0 Å². The summed E-state index contributed by atoms with van der Waals surface area (Å²) in [5.74, 6) is 0.514. The summed E-state index contributed by atoms with van der Waals surface area (Å²) in [5, 5.41) is 0. The van der Waals surface area contributed by atoms with Crippen molar-refractivity contribution in [2.75, 3.05) is 33.3 Å². The standard InChI is InChI=1S/C19H22N2O4S2/c1-15-3-6-17(26-15)7-10-19(22)20-11-13-21(14-12-20)27(23,24)18-8-4-16(25-2)5-9-18/h3-10H,11-14H2,1-2H3/b10-7+. The number of methoxy groups -OCH3 is 1. The van der Waals surface area contributed by atoms with Gasteiger partial charge in [-0.15, -0.1) is 11.3 Å². The lowest BCUT2D eigenvalue weighted by Crippen LogP contribution is -2.50. The van der Waals surface area contributed by atoms with Crippen LogP contribution in [0.15, 0.2) is 47.4 Å². The van der Waals surface area contributed by atoms with Gasteiger partial charge in [-0.2, -0.15) is 4.31 Å². The van der Waals surface area contributed by atoms with Crippen molar-refractivity contribution >= 4 is 33.3 Å². The second-order valence-corrected chi connectivity index (χ2v) is 9.44. The third kappa shape index (κ3) is 4.58. The van der Waals surface area contributed by atoms with Crippen molar-refractivity contribution in [3.63, 3.8) is 0 Å². The minimum Gasteiger partial charge on any atom is -0.497 e.